The van der Waals surface area contributed by atoms with E-state index >= 15 is 0 Å². The lowest BCUT2D eigenvalue weighted by Gasteiger charge is -2.25. The van der Waals surface area contributed by atoms with Crippen LogP contribution in [-0.2, 0) is 0 Å². The summed E-state index contributed by atoms with van der Waals surface area (Å²) in [5.41, 5.74) is 0. The summed E-state index contributed by atoms with van der Waals surface area (Å²) in [5.74, 6) is 0.687. The Hall–Kier alpha value is -0.240. The SMILES string of the molecule is CN(CC1CCCCC1)C(=O)Cl. The molecule has 70 valence electrons. The van der Waals surface area contributed by atoms with E-state index in [2.05, 4.69) is 0 Å². The van der Waals surface area contributed by atoms with Crippen molar-refractivity contribution in [3.05, 3.63) is 0 Å². The summed E-state index contributed by atoms with van der Waals surface area (Å²) in [5, 5.41) is -0.333. The van der Waals surface area contributed by atoms with Crippen LogP contribution in [0, 0.1) is 5.92 Å². The lowest BCUT2D eigenvalue weighted by Crippen LogP contribution is -2.28. The molecule has 0 atom stereocenters. The maximum absolute atomic E-state index is 10.7. The molecule has 0 N–H and O–H groups in total. The first kappa shape index (κ1) is 9.85. The third-order valence-corrected chi connectivity index (χ3v) is 2.85. The molecule has 0 aromatic rings. The van der Waals surface area contributed by atoms with Crippen LogP contribution in [0.5, 0.6) is 0 Å². The van der Waals surface area contributed by atoms with Gasteiger partial charge in [0.2, 0.25) is 0 Å². The van der Waals surface area contributed by atoms with Crippen LogP contribution in [0.1, 0.15) is 32.1 Å². The number of halogens is 1. The van der Waals surface area contributed by atoms with Crippen LogP contribution >= 0.6 is 11.6 Å². The van der Waals surface area contributed by atoms with E-state index in [4.69, 9.17) is 11.6 Å². The minimum absolute atomic E-state index is 0.333. The average molecular weight is 190 g/mol. The monoisotopic (exact) mass is 189 g/mol. The van der Waals surface area contributed by atoms with Gasteiger partial charge in [0.25, 0.3) is 0 Å². The summed E-state index contributed by atoms with van der Waals surface area (Å²) in [6.45, 7) is 0.836. The number of amides is 1. The summed E-state index contributed by atoms with van der Waals surface area (Å²) >= 11 is 5.33. The van der Waals surface area contributed by atoms with Gasteiger partial charge >= 0.3 is 5.37 Å². The normalized spacial score (nSPS) is 19.2. The maximum atomic E-state index is 10.7. The molecule has 1 aliphatic carbocycles. The molecule has 1 fully saturated rings. The third-order valence-electron chi connectivity index (χ3n) is 2.56. The molecule has 0 saturated heterocycles. The van der Waals surface area contributed by atoms with Crippen LogP contribution in [0.2, 0.25) is 0 Å². The number of carbonyl (C=O) groups is 1. The van der Waals surface area contributed by atoms with Crippen molar-refractivity contribution in [3.63, 3.8) is 0 Å². The topological polar surface area (TPSA) is 20.3 Å². The van der Waals surface area contributed by atoms with Crippen LogP contribution in [0.15, 0.2) is 0 Å². The maximum Gasteiger partial charge on any atom is 0.316 e. The fourth-order valence-electron chi connectivity index (χ4n) is 1.83. The van der Waals surface area contributed by atoms with Gasteiger partial charge in [0, 0.05) is 13.6 Å². The second kappa shape index (κ2) is 4.70. The predicted molar refractivity (Wildman–Crippen MR) is 50.5 cm³/mol. The van der Waals surface area contributed by atoms with Crippen molar-refractivity contribution in [2.45, 2.75) is 32.1 Å². The van der Waals surface area contributed by atoms with Gasteiger partial charge in [-0.1, -0.05) is 19.3 Å². The Kier molecular flexibility index (Phi) is 3.86. The Bertz CT molecular complexity index is 155. The van der Waals surface area contributed by atoms with Crippen LogP contribution in [0.4, 0.5) is 4.79 Å². The number of nitrogens with zero attached hydrogens (tertiary/aromatic N) is 1. The van der Waals surface area contributed by atoms with E-state index in [1.807, 2.05) is 0 Å². The van der Waals surface area contributed by atoms with Gasteiger partial charge in [0.1, 0.15) is 0 Å². The van der Waals surface area contributed by atoms with E-state index in [0.717, 1.165) is 6.54 Å². The van der Waals surface area contributed by atoms with E-state index in [9.17, 15) is 4.79 Å². The number of hydrogen-bond donors (Lipinski definition) is 0. The summed E-state index contributed by atoms with van der Waals surface area (Å²) in [4.78, 5) is 12.3. The van der Waals surface area contributed by atoms with Gasteiger partial charge in [-0.05, 0) is 30.4 Å². The smallest absolute Gasteiger partial charge is 0.316 e. The Morgan fingerprint density at radius 3 is 2.50 bits per heavy atom. The predicted octanol–water partition coefficient (Wildman–Crippen LogP) is 2.86. The molecule has 1 rings (SSSR count). The van der Waals surface area contributed by atoms with Gasteiger partial charge < -0.3 is 4.90 Å². The molecule has 0 aromatic carbocycles. The number of rotatable bonds is 2. The molecular weight excluding hydrogens is 174 g/mol. The van der Waals surface area contributed by atoms with E-state index < -0.39 is 0 Å². The Balaban J connectivity index is 2.24. The van der Waals surface area contributed by atoms with Crippen LogP contribution in [-0.4, -0.2) is 23.9 Å². The zero-order valence-corrected chi connectivity index (χ0v) is 8.31. The van der Waals surface area contributed by atoms with Gasteiger partial charge in [0.15, 0.2) is 0 Å². The standard InChI is InChI=1S/C9H16ClNO/c1-11(9(10)12)7-8-5-3-2-4-6-8/h8H,2-7H2,1H3. The van der Waals surface area contributed by atoms with Gasteiger partial charge in [-0.25, -0.2) is 0 Å². The van der Waals surface area contributed by atoms with Gasteiger partial charge in [-0.3, -0.25) is 4.79 Å². The van der Waals surface area contributed by atoms with Crippen LogP contribution in [0.25, 0.3) is 0 Å². The molecule has 0 heterocycles. The Morgan fingerprint density at radius 1 is 1.42 bits per heavy atom. The number of carbonyl (C=O) groups excluding carboxylic acids is 1. The molecule has 2 nitrogen and oxygen atoms in total. The quantitative estimate of drug-likeness (QED) is 0.483. The van der Waals surface area contributed by atoms with Crippen LogP contribution in [0.3, 0.4) is 0 Å². The van der Waals surface area contributed by atoms with Crippen molar-refractivity contribution in [1.29, 1.82) is 0 Å². The van der Waals surface area contributed by atoms with Gasteiger partial charge in [0.05, 0.1) is 0 Å². The molecule has 12 heavy (non-hydrogen) atoms. The van der Waals surface area contributed by atoms with Crippen molar-refractivity contribution in [3.8, 4) is 0 Å². The second-order valence-corrected chi connectivity index (χ2v) is 3.96. The highest BCUT2D eigenvalue weighted by Crippen LogP contribution is 2.24. The van der Waals surface area contributed by atoms with Crippen molar-refractivity contribution in [1.82, 2.24) is 4.90 Å². The number of hydrogen-bond acceptors (Lipinski definition) is 1. The Morgan fingerprint density at radius 2 is 2.00 bits per heavy atom. The molecule has 0 aliphatic heterocycles. The van der Waals surface area contributed by atoms with E-state index in [0.29, 0.717) is 5.92 Å². The molecule has 0 bridgehead atoms. The summed E-state index contributed by atoms with van der Waals surface area (Å²) in [7, 11) is 1.77. The molecule has 1 amide bonds. The minimum atomic E-state index is -0.333. The average Bonchev–Trinajstić information content (AvgIpc) is 2.06. The molecule has 1 aliphatic rings. The zero-order chi connectivity index (χ0) is 8.97. The third kappa shape index (κ3) is 3.02. The summed E-state index contributed by atoms with van der Waals surface area (Å²) in [6, 6.07) is 0. The molecule has 0 aromatic heterocycles. The highest BCUT2D eigenvalue weighted by molar-refractivity contribution is 6.62. The largest absolute Gasteiger partial charge is 0.332 e. The molecule has 0 unspecified atom stereocenters. The molecule has 1 saturated carbocycles. The van der Waals surface area contributed by atoms with Gasteiger partial charge in [-0.15, -0.1) is 0 Å². The van der Waals surface area contributed by atoms with Crippen molar-refractivity contribution in [2.24, 2.45) is 5.92 Å². The molecule has 0 radical (unpaired) electrons. The fraction of sp³-hybridized carbons (Fsp3) is 0.889. The van der Waals surface area contributed by atoms with Crippen molar-refractivity contribution < 1.29 is 4.79 Å². The molecule has 0 spiro atoms. The lowest BCUT2D eigenvalue weighted by atomic mass is 9.89. The zero-order valence-electron chi connectivity index (χ0n) is 7.55. The minimum Gasteiger partial charge on any atom is -0.332 e. The highest BCUT2D eigenvalue weighted by Gasteiger charge is 2.16. The first-order valence-electron chi connectivity index (χ1n) is 4.60. The summed E-state index contributed by atoms with van der Waals surface area (Å²) < 4.78 is 0. The molecule has 3 heteroatoms. The van der Waals surface area contributed by atoms with Crippen LogP contribution < -0.4 is 0 Å². The first-order chi connectivity index (χ1) is 5.70. The van der Waals surface area contributed by atoms with Gasteiger partial charge in [-0.2, -0.15) is 0 Å². The highest BCUT2D eigenvalue weighted by atomic mass is 35.5. The summed E-state index contributed by atoms with van der Waals surface area (Å²) in [6.07, 6.45) is 6.50. The molecular formula is C9H16ClNO. The van der Waals surface area contributed by atoms with E-state index in [1.165, 1.54) is 32.1 Å². The van der Waals surface area contributed by atoms with Crippen molar-refractivity contribution >= 4 is 17.0 Å². The van der Waals surface area contributed by atoms with E-state index in [1.54, 1.807) is 11.9 Å². The lowest BCUT2D eigenvalue weighted by molar-refractivity contribution is 0.214. The fourth-order valence-corrected chi connectivity index (χ4v) is 1.90. The second-order valence-electron chi connectivity index (χ2n) is 3.64. The van der Waals surface area contributed by atoms with Crippen molar-refractivity contribution in [2.75, 3.05) is 13.6 Å². The first-order valence-corrected chi connectivity index (χ1v) is 4.98. The Labute approximate surface area is 78.9 Å². The van der Waals surface area contributed by atoms with E-state index in [-0.39, 0.29) is 5.37 Å².